The quantitative estimate of drug-likeness (QED) is 0.710. The van der Waals surface area contributed by atoms with Gasteiger partial charge < -0.3 is 19.5 Å². The maximum Gasteiger partial charge on any atom is 0.268 e. The first-order chi connectivity index (χ1) is 11.8. The smallest absolute Gasteiger partial charge is 0.268 e. The van der Waals surface area contributed by atoms with Gasteiger partial charge in [-0.2, -0.15) is 0 Å². The molecule has 7 heteroatoms. The van der Waals surface area contributed by atoms with Crippen molar-refractivity contribution in [3.63, 3.8) is 0 Å². The van der Waals surface area contributed by atoms with E-state index < -0.39 is 5.60 Å². The summed E-state index contributed by atoms with van der Waals surface area (Å²) in [7, 11) is 3.00. The molecule has 5 nitrogen and oxygen atoms in total. The van der Waals surface area contributed by atoms with Gasteiger partial charge in [0.15, 0.2) is 5.60 Å². The lowest BCUT2D eigenvalue weighted by molar-refractivity contribution is -0.128. The number of nitrogens with one attached hydrogen (secondary N) is 1. The highest BCUT2D eigenvalue weighted by atomic mass is 79.9. The van der Waals surface area contributed by atoms with Gasteiger partial charge in [0.1, 0.15) is 17.2 Å². The van der Waals surface area contributed by atoms with E-state index in [1.165, 1.54) is 14.2 Å². The second-order valence-electron chi connectivity index (χ2n) is 5.71. The van der Waals surface area contributed by atoms with Crippen LogP contribution in [0.5, 0.6) is 17.2 Å². The molecule has 0 aliphatic carbocycles. The summed E-state index contributed by atoms with van der Waals surface area (Å²) in [6, 6.07) is 10.4. The average Bonchev–Trinajstić information content (AvgIpc) is 2.57. The number of hydrogen-bond donors (Lipinski definition) is 1. The van der Waals surface area contributed by atoms with Crippen molar-refractivity contribution in [1.82, 2.24) is 0 Å². The number of carbonyl (C=O) groups is 1. The van der Waals surface area contributed by atoms with Crippen molar-refractivity contribution in [3.05, 3.63) is 45.9 Å². The molecular formula is C18H19BrClNO4. The van der Waals surface area contributed by atoms with Crippen LogP contribution in [0.2, 0.25) is 5.02 Å². The van der Waals surface area contributed by atoms with Crippen LogP contribution < -0.4 is 19.5 Å². The Morgan fingerprint density at radius 3 is 2.24 bits per heavy atom. The number of methoxy groups -OCH3 is 2. The first kappa shape index (κ1) is 19.4. The van der Waals surface area contributed by atoms with Gasteiger partial charge in [-0.3, -0.25) is 4.79 Å². The largest absolute Gasteiger partial charge is 0.495 e. The zero-order chi connectivity index (χ0) is 18.6. The fourth-order valence-corrected chi connectivity index (χ4v) is 2.57. The fourth-order valence-electron chi connectivity index (χ4n) is 2.07. The van der Waals surface area contributed by atoms with Gasteiger partial charge in [-0.25, -0.2) is 0 Å². The molecule has 25 heavy (non-hydrogen) atoms. The Balaban J connectivity index is 2.21. The highest BCUT2D eigenvalue weighted by Gasteiger charge is 2.31. The first-order valence-electron chi connectivity index (χ1n) is 7.44. The Hall–Kier alpha value is -1.92. The maximum absolute atomic E-state index is 12.7. The molecule has 0 unspecified atom stereocenters. The molecule has 2 aromatic carbocycles. The van der Waals surface area contributed by atoms with E-state index in [2.05, 4.69) is 21.2 Å². The third-order valence-corrected chi connectivity index (χ3v) is 4.28. The lowest BCUT2D eigenvalue weighted by Crippen LogP contribution is -2.42. The Morgan fingerprint density at radius 1 is 1.08 bits per heavy atom. The third kappa shape index (κ3) is 4.80. The number of anilines is 1. The Labute approximate surface area is 160 Å². The zero-order valence-corrected chi connectivity index (χ0v) is 16.7. The first-order valence-corrected chi connectivity index (χ1v) is 8.61. The lowest BCUT2D eigenvalue weighted by atomic mass is 10.1. The van der Waals surface area contributed by atoms with Gasteiger partial charge in [-0.05, 0) is 38.1 Å². The van der Waals surface area contributed by atoms with E-state index in [0.29, 0.717) is 28.0 Å². The summed E-state index contributed by atoms with van der Waals surface area (Å²) in [5.41, 5.74) is -0.660. The van der Waals surface area contributed by atoms with Crippen molar-refractivity contribution < 1.29 is 19.0 Å². The monoisotopic (exact) mass is 427 g/mol. The van der Waals surface area contributed by atoms with E-state index in [4.69, 9.17) is 25.8 Å². The van der Waals surface area contributed by atoms with Crippen LogP contribution >= 0.6 is 27.5 Å². The highest BCUT2D eigenvalue weighted by Crippen LogP contribution is 2.36. The molecule has 1 N–H and O–H groups in total. The van der Waals surface area contributed by atoms with Crippen LogP contribution in [0, 0.1) is 0 Å². The molecule has 0 spiro atoms. The minimum Gasteiger partial charge on any atom is -0.495 e. The second-order valence-corrected chi connectivity index (χ2v) is 7.03. The SMILES string of the molecule is COc1cc(NC(=O)C(C)(C)Oc2ccc(Br)cc2)c(OC)cc1Cl. The van der Waals surface area contributed by atoms with Crippen molar-refractivity contribution in [2.24, 2.45) is 0 Å². The van der Waals surface area contributed by atoms with Gasteiger partial charge in [0.25, 0.3) is 5.91 Å². The number of benzene rings is 2. The molecule has 0 radical (unpaired) electrons. The molecule has 0 fully saturated rings. The number of carbonyl (C=O) groups excluding carboxylic acids is 1. The van der Waals surface area contributed by atoms with E-state index in [0.717, 1.165) is 4.47 Å². The number of halogens is 2. The van der Waals surface area contributed by atoms with Crippen molar-refractivity contribution in [1.29, 1.82) is 0 Å². The minimum atomic E-state index is -1.11. The molecule has 0 atom stereocenters. The standard InChI is InChI=1S/C18H19BrClNO4/c1-18(2,25-12-7-5-11(19)6-8-12)17(22)21-14-10-15(23-3)13(20)9-16(14)24-4/h5-10H,1-4H3,(H,21,22). The molecule has 0 saturated carbocycles. The average molecular weight is 429 g/mol. The van der Waals surface area contributed by atoms with Gasteiger partial charge in [0.2, 0.25) is 0 Å². The Bertz CT molecular complexity index is 762. The summed E-state index contributed by atoms with van der Waals surface area (Å²) < 4.78 is 17.2. The van der Waals surface area contributed by atoms with Crippen LogP contribution in [0.15, 0.2) is 40.9 Å². The van der Waals surface area contributed by atoms with Crippen molar-refractivity contribution in [3.8, 4) is 17.2 Å². The molecule has 2 aromatic rings. The van der Waals surface area contributed by atoms with Crippen LogP contribution in [0.1, 0.15) is 13.8 Å². The summed E-state index contributed by atoms with van der Waals surface area (Å²) in [5.74, 6) is 1.12. The lowest BCUT2D eigenvalue weighted by Gasteiger charge is -2.26. The van der Waals surface area contributed by atoms with Crippen LogP contribution in [-0.4, -0.2) is 25.7 Å². The molecular weight excluding hydrogens is 410 g/mol. The van der Waals surface area contributed by atoms with E-state index in [1.807, 2.05) is 12.1 Å². The number of rotatable bonds is 6. The summed E-state index contributed by atoms with van der Waals surface area (Å²) in [4.78, 5) is 12.7. The number of ether oxygens (including phenoxy) is 3. The molecule has 134 valence electrons. The van der Waals surface area contributed by atoms with E-state index in [-0.39, 0.29) is 5.91 Å². The Kier molecular flexibility index (Phi) is 6.19. The van der Waals surface area contributed by atoms with Crippen molar-refractivity contribution in [2.45, 2.75) is 19.4 Å². The molecule has 0 heterocycles. The Morgan fingerprint density at radius 2 is 1.68 bits per heavy atom. The molecule has 0 aliphatic rings. The van der Waals surface area contributed by atoms with E-state index in [1.54, 1.807) is 38.1 Å². The predicted molar refractivity (Wildman–Crippen MR) is 102 cm³/mol. The predicted octanol–water partition coefficient (Wildman–Crippen LogP) is 4.92. The van der Waals surface area contributed by atoms with Crippen molar-refractivity contribution in [2.75, 3.05) is 19.5 Å². The number of amides is 1. The van der Waals surface area contributed by atoms with Crippen LogP contribution in [0.4, 0.5) is 5.69 Å². The topological polar surface area (TPSA) is 56.8 Å². The summed E-state index contributed by atoms with van der Waals surface area (Å²) >= 11 is 9.44. The molecule has 2 rings (SSSR count). The van der Waals surface area contributed by atoms with E-state index >= 15 is 0 Å². The summed E-state index contributed by atoms with van der Waals surface area (Å²) in [5, 5.41) is 3.19. The van der Waals surface area contributed by atoms with Crippen LogP contribution in [0.25, 0.3) is 0 Å². The van der Waals surface area contributed by atoms with Gasteiger partial charge in [-0.15, -0.1) is 0 Å². The van der Waals surface area contributed by atoms with Gasteiger partial charge in [0, 0.05) is 16.6 Å². The molecule has 1 amide bonds. The van der Waals surface area contributed by atoms with Gasteiger partial charge in [-0.1, -0.05) is 27.5 Å². The highest BCUT2D eigenvalue weighted by molar-refractivity contribution is 9.10. The molecule has 0 bridgehead atoms. The molecule has 0 aliphatic heterocycles. The number of hydrogen-bond acceptors (Lipinski definition) is 4. The normalized spacial score (nSPS) is 11.0. The molecule has 0 saturated heterocycles. The fraction of sp³-hybridized carbons (Fsp3) is 0.278. The van der Waals surface area contributed by atoms with Crippen LogP contribution in [0.3, 0.4) is 0 Å². The summed E-state index contributed by atoms with van der Waals surface area (Å²) in [6.45, 7) is 3.37. The maximum atomic E-state index is 12.7. The summed E-state index contributed by atoms with van der Waals surface area (Å²) in [6.07, 6.45) is 0. The van der Waals surface area contributed by atoms with Gasteiger partial charge >= 0.3 is 0 Å². The molecule has 0 aromatic heterocycles. The third-order valence-electron chi connectivity index (χ3n) is 3.46. The zero-order valence-electron chi connectivity index (χ0n) is 14.4. The van der Waals surface area contributed by atoms with E-state index in [9.17, 15) is 4.79 Å². The van der Waals surface area contributed by atoms with Gasteiger partial charge in [0.05, 0.1) is 24.9 Å². The van der Waals surface area contributed by atoms with Crippen molar-refractivity contribution >= 4 is 39.1 Å². The second kappa shape index (κ2) is 7.97. The minimum absolute atomic E-state index is 0.335. The van der Waals surface area contributed by atoms with Crippen LogP contribution in [-0.2, 0) is 4.79 Å².